The zero-order chi connectivity index (χ0) is 15.3. The molecule has 7 nitrogen and oxygen atoms in total. The van der Waals surface area contributed by atoms with Crippen molar-refractivity contribution >= 4 is 21.9 Å². The van der Waals surface area contributed by atoms with Gasteiger partial charge in [0.2, 0.25) is 15.9 Å². The maximum absolute atomic E-state index is 12.0. The molecule has 0 spiro atoms. The largest absolute Gasteiger partial charge is 0.481 e. The Morgan fingerprint density at radius 3 is 2.65 bits per heavy atom. The molecule has 1 rings (SSSR count). The first-order chi connectivity index (χ1) is 9.27. The molecule has 1 aliphatic rings. The number of nitrogens with zero attached hydrogens (tertiary/aromatic N) is 1. The third kappa shape index (κ3) is 4.45. The molecule has 2 N–H and O–H groups in total. The van der Waals surface area contributed by atoms with Crippen LogP contribution < -0.4 is 5.32 Å². The number of nitrogens with one attached hydrogen (secondary N) is 1. The lowest BCUT2D eigenvalue weighted by atomic mass is 9.98. The fourth-order valence-electron chi connectivity index (χ4n) is 2.08. The van der Waals surface area contributed by atoms with E-state index in [2.05, 4.69) is 5.32 Å². The molecule has 0 bridgehead atoms. The normalized spacial score (nSPS) is 22.2. The van der Waals surface area contributed by atoms with E-state index in [1.54, 1.807) is 6.92 Å². The minimum atomic E-state index is -3.27. The van der Waals surface area contributed by atoms with E-state index in [9.17, 15) is 18.0 Å². The number of aliphatic carboxylic acids is 1. The van der Waals surface area contributed by atoms with E-state index >= 15 is 0 Å². The molecule has 0 aromatic heterocycles. The minimum absolute atomic E-state index is 0.0252. The predicted octanol–water partition coefficient (Wildman–Crippen LogP) is -0.115. The first-order valence-electron chi connectivity index (χ1n) is 6.76. The van der Waals surface area contributed by atoms with E-state index in [1.165, 1.54) is 11.2 Å². The second-order valence-corrected chi connectivity index (χ2v) is 7.34. The molecule has 0 aliphatic carbocycles. The number of piperidine rings is 1. The standard InChI is InChI=1S/C12H22N2O5S/c1-3-20(18,19)14-6-4-5-10(8-14)11(15)13-7-9(2)12(16)17/h9-10H,3-8H2,1-2H3,(H,13,15)(H,16,17). The summed E-state index contributed by atoms with van der Waals surface area (Å²) in [4.78, 5) is 22.6. The van der Waals surface area contributed by atoms with Crippen LogP contribution in [0.4, 0.5) is 0 Å². The van der Waals surface area contributed by atoms with Crippen LogP contribution in [0.15, 0.2) is 0 Å². The van der Waals surface area contributed by atoms with Crippen LogP contribution in [0.1, 0.15) is 26.7 Å². The molecule has 0 radical (unpaired) electrons. The number of carbonyl (C=O) groups excluding carboxylic acids is 1. The molecule has 2 atom stereocenters. The summed E-state index contributed by atoms with van der Waals surface area (Å²) in [6.45, 7) is 3.78. The maximum atomic E-state index is 12.0. The van der Waals surface area contributed by atoms with E-state index in [0.717, 1.165) is 0 Å². The second-order valence-electron chi connectivity index (χ2n) is 5.08. The van der Waals surface area contributed by atoms with Gasteiger partial charge >= 0.3 is 5.97 Å². The van der Waals surface area contributed by atoms with Gasteiger partial charge in [-0.3, -0.25) is 9.59 Å². The van der Waals surface area contributed by atoms with Gasteiger partial charge in [0, 0.05) is 19.6 Å². The molecule has 116 valence electrons. The summed E-state index contributed by atoms with van der Waals surface area (Å²) in [6.07, 6.45) is 1.27. The summed E-state index contributed by atoms with van der Waals surface area (Å²) < 4.78 is 24.9. The number of carboxylic acids is 1. The van der Waals surface area contributed by atoms with Gasteiger partial charge in [-0.15, -0.1) is 0 Å². The third-order valence-electron chi connectivity index (χ3n) is 3.52. The Hall–Kier alpha value is -1.15. The molecule has 1 amide bonds. The summed E-state index contributed by atoms with van der Waals surface area (Å²) in [5.41, 5.74) is 0. The fraction of sp³-hybridized carbons (Fsp3) is 0.833. The number of amides is 1. The average molecular weight is 306 g/mol. The second kappa shape index (κ2) is 7.03. The lowest BCUT2D eigenvalue weighted by Gasteiger charge is -2.31. The van der Waals surface area contributed by atoms with Crippen LogP contribution in [-0.4, -0.2) is 55.1 Å². The number of sulfonamides is 1. The number of carboxylic acid groups (broad SMARTS) is 1. The molecular weight excluding hydrogens is 284 g/mol. The number of rotatable bonds is 6. The van der Waals surface area contributed by atoms with Gasteiger partial charge in [-0.2, -0.15) is 0 Å². The van der Waals surface area contributed by atoms with Crippen molar-refractivity contribution in [3.05, 3.63) is 0 Å². The number of carbonyl (C=O) groups is 2. The van der Waals surface area contributed by atoms with Crippen molar-refractivity contribution in [2.75, 3.05) is 25.4 Å². The van der Waals surface area contributed by atoms with Crippen molar-refractivity contribution in [2.24, 2.45) is 11.8 Å². The highest BCUT2D eigenvalue weighted by Crippen LogP contribution is 2.19. The van der Waals surface area contributed by atoms with E-state index in [-0.39, 0.29) is 24.7 Å². The van der Waals surface area contributed by atoms with Crippen molar-refractivity contribution in [2.45, 2.75) is 26.7 Å². The third-order valence-corrected chi connectivity index (χ3v) is 5.37. The van der Waals surface area contributed by atoms with Crippen LogP contribution >= 0.6 is 0 Å². The van der Waals surface area contributed by atoms with Gasteiger partial charge in [0.05, 0.1) is 17.6 Å². The Labute approximate surface area is 119 Å². The first-order valence-corrected chi connectivity index (χ1v) is 8.37. The van der Waals surface area contributed by atoms with E-state index in [1.807, 2.05) is 0 Å². The number of hydrogen-bond donors (Lipinski definition) is 2. The van der Waals surface area contributed by atoms with Crippen molar-refractivity contribution in [1.29, 1.82) is 0 Å². The van der Waals surface area contributed by atoms with Gasteiger partial charge < -0.3 is 10.4 Å². The molecule has 1 fully saturated rings. The molecule has 2 unspecified atom stereocenters. The van der Waals surface area contributed by atoms with Gasteiger partial charge in [-0.25, -0.2) is 12.7 Å². The molecule has 0 aromatic carbocycles. The first kappa shape index (κ1) is 16.9. The van der Waals surface area contributed by atoms with Crippen molar-refractivity contribution in [3.63, 3.8) is 0 Å². The molecule has 20 heavy (non-hydrogen) atoms. The monoisotopic (exact) mass is 306 g/mol. The predicted molar refractivity (Wildman–Crippen MR) is 73.6 cm³/mol. The van der Waals surface area contributed by atoms with Gasteiger partial charge in [0.15, 0.2) is 0 Å². The zero-order valence-corrected chi connectivity index (χ0v) is 12.6. The van der Waals surface area contributed by atoms with E-state index < -0.39 is 27.8 Å². The Morgan fingerprint density at radius 1 is 1.45 bits per heavy atom. The van der Waals surface area contributed by atoms with Crippen LogP contribution in [0.5, 0.6) is 0 Å². The molecule has 8 heteroatoms. The van der Waals surface area contributed by atoms with Crippen LogP contribution in [0.3, 0.4) is 0 Å². The van der Waals surface area contributed by atoms with Gasteiger partial charge in [-0.05, 0) is 19.8 Å². The van der Waals surface area contributed by atoms with E-state index in [0.29, 0.717) is 19.4 Å². The zero-order valence-electron chi connectivity index (χ0n) is 11.8. The smallest absolute Gasteiger partial charge is 0.308 e. The van der Waals surface area contributed by atoms with Gasteiger partial charge in [0.25, 0.3) is 0 Å². The number of hydrogen-bond acceptors (Lipinski definition) is 4. The molecule has 1 aliphatic heterocycles. The van der Waals surface area contributed by atoms with Crippen molar-refractivity contribution in [3.8, 4) is 0 Å². The summed E-state index contributed by atoms with van der Waals surface area (Å²) in [5.74, 6) is -2.26. The molecule has 0 saturated carbocycles. The Morgan fingerprint density at radius 2 is 2.10 bits per heavy atom. The summed E-state index contributed by atoms with van der Waals surface area (Å²) in [6, 6.07) is 0. The highest BCUT2D eigenvalue weighted by Gasteiger charge is 2.31. The minimum Gasteiger partial charge on any atom is -0.481 e. The van der Waals surface area contributed by atoms with Crippen LogP contribution in [0.2, 0.25) is 0 Å². The Bertz CT molecular complexity index is 462. The van der Waals surface area contributed by atoms with Gasteiger partial charge in [-0.1, -0.05) is 6.92 Å². The molecule has 0 aromatic rings. The summed E-state index contributed by atoms with van der Waals surface area (Å²) in [5, 5.41) is 11.3. The average Bonchev–Trinajstić information content (AvgIpc) is 2.44. The highest BCUT2D eigenvalue weighted by molar-refractivity contribution is 7.89. The fourth-order valence-corrected chi connectivity index (χ4v) is 3.26. The highest BCUT2D eigenvalue weighted by atomic mass is 32.2. The quantitative estimate of drug-likeness (QED) is 0.712. The molecule has 1 heterocycles. The molecular formula is C12H22N2O5S. The van der Waals surface area contributed by atoms with Gasteiger partial charge in [0.1, 0.15) is 0 Å². The maximum Gasteiger partial charge on any atom is 0.308 e. The summed E-state index contributed by atoms with van der Waals surface area (Å²) in [7, 11) is -3.27. The van der Waals surface area contributed by atoms with E-state index in [4.69, 9.17) is 5.11 Å². The Kier molecular flexibility index (Phi) is 5.94. The van der Waals surface area contributed by atoms with Crippen LogP contribution in [0.25, 0.3) is 0 Å². The van der Waals surface area contributed by atoms with Crippen LogP contribution in [-0.2, 0) is 19.6 Å². The summed E-state index contributed by atoms with van der Waals surface area (Å²) >= 11 is 0. The van der Waals surface area contributed by atoms with Crippen molar-refractivity contribution < 1.29 is 23.1 Å². The Balaban J connectivity index is 2.55. The lowest BCUT2D eigenvalue weighted by Crippen LogP contribution is -2.46. The van der Waals surface area contributed by atoms with Crippen molar-refractivity contribution in [1.82, 2.24) is 9.62 Å². The molecule has 1 saturated heterocycles. The topological polar surface area (TPSA) is 104 Å². The van der Waals surface area contributed by atoms with Crippen LogP contribution in [0, 0.1) is 11.8 Å². The lowest BCUT2D eigenvalue weighted by molar-refractivity contribution is -0.141. The SMILES string of the molecule is CCS(=O)(=O)N1CCCC(C(=O)NCC(C)C(=O)O)C1.